The highest BCUT2D eigenvalue weighted by Gasteiger charge is 2.28. The second-order valence-electron chi connectivity index (χ2n) is 6.25. The highest BCUT2D eigenvalue weighted by molar-refractivity contribution is 7.89. The van der Waals surface area contributed by atoms with Gasteiger partial charge in [0.05, 0.1) is 11.4 Å². The van der Waals surface area contributed by atoms with Crippen molar-refractivity contribution < 1.29 is 13.2 Å². The SMILES string of the molecule is C#CC(CC)(CC)NC(=O)CN(C)S(=O)(=O)c1ccc2ccccc2c1. The number of hydrogen-bond acceptors (Lipinski definition) is 3. The van der Waals surface area contributed by atoms with Crippen molar-refractivity contribution in [3.63, 3.8) is 0 Å². The van der Waals surface area contributed by atoms with E-state index < -0.39 is 21.5 Å². The summed E-state index contributed by atoms with van der Waals surface area (Å²) < 4.78 is 26.6. The quantitative estimate of drug-likeness (QED) is 0.760. The number of amides is 1. The second kappa shape index (κ2) is 7.90. The Balaban J connectivity index is 2.20. The molecule has 0 saturated carbocycles. The number of sulfonamides is 1. The topological polar surface area (TPSA) is 66.5 Å². The predicted molar refractivity (Wildman–Crippen MR) is 104 cm³/mol. The van der Waals surface area contributed by atoms with E-state index in [-0.39, 0.29) is 11.4 Å². The maximum Gasteiger partial charge on any atom is 0.243 e. The lowest BCUT2D eigenvalue weighted by Crippen LogP contribution is -2.50. The maximum atomic E-state index is 12.8. The minimum Gasteiger partial charge on any atom is -0.339 e. The fourth-order valence-corrected chi connectivity index (χ4v) is 3.93. The first kappa shape index (κ1) is 20.0. The molecule has 2 aromatic carbocycles. The van der Waals surface area contributed by atoms with Crippen molar-refractivity contribution in [2.75, 3.05) is 13.6 Å². The van der Waals surface area contributed by atoms with Crippen LogP contribution >= 0.6 is 0 Å². The largest absolute Gasteiger partial charge is 0.339 e. The molecular formula is C20H24N2O3S. The number of nitrogens with zero attached hydrogens (tertiary/aromatic N) is 1. The molecule has 0 heterocycles. The minimum atomic E-state index is -3.78. The van der Waals surface area contributed by atoms with Crippen LogP contribution in [0.3, 0.4) is 0 Å². The number of likely N-dealkylation sites (N-methyl/N-ethyl adjacent to an activating group) is 1. The fraction of sp³-hybridized carbons (Fsp3) is 0.350. The van der Waals surface area contributed by atoms with Gasteiger partial charge in [-0.2, -0.15) is 4.31 Å². The van der Waals surface area contributed by atoms with E-state index in [4.69, 9.17) is 6.42 Å². The number of nitrogens with one attached hydrogen (secondary N) is 1. The number of rotatable bonds is 7. The summed E-state index contributed by atoms with van der Waals surface area (Å²) >= 11 is 0. The van der Waals surface area contributed by atoms with Crippen LogP contribution in [-0.2, 0) is 14.8 Å². The Kier molecular flexibility index (Phi) is 6.06. The monoisotopic (exact) mass is 372 g/mol. The summed E-state index contributed by atoms with van der Waals surface area (Å²) in [6.45, 7) is 3.48. The fourth-order valence-electron chi connectivity index (χ4n) is 2.77. The first-order valence-corrected chi connectivity index (χ1v) is 9.96. The van der Waals surface area contributed by atoms with Crippen LogP contribution in [0.1, 0.15) is 26.7 Å². The van der Waals surface area contributed by atoms with E-state index in [0.717, 1.165) is 15.1 Å². The average molecular weight is 372 g/mol. The van der Waals surface area contributed by atoms with Gasteiger partial charge in [-0.3, -0.25) is 4.79 Å². The second-order valence-corrected chi connectivity index (χ2v) is 8.30. The summed E-state index contributed by atoms with van der Waals surface area (Å²) in [5.74, 6) is 2.19. The van der Waals surface area contributed by atoms with Gasteiger partial charge in [-0.1, -0.05) is 50.1 Å². The van der Waals surface area contributed by atoms with Crippen molar-refractivity contribution in [3.8, 4) is 12.3 Å². The summed E-state index contributed by atoms with van der Waals surface area (Å²) in [4.78, 5) is 12.5. The van der Waals surface area contributed by atoms with Gasteiger partial charge in [0.15, 0.2) is 0 Å². The van der Waals surface area contributed by atoms with E-state index in [9.17, 15) is 13.2 Å². The smallest absolute Gasteiger partial charge is 0.243 e. The van der Waals surface area contributed by atoms with E-state index in [2.05, 4.69) is 11.2 Å². The van der Waals surface area contributed by atoms with Crippen LogP contribution in [0.25, 0.3) is 10.8 Å². The maximum absolute atomic E-state index is 12.8. The van der Waals surface area contributed by atoms with Gasteiger partial charge in [0.2, 0.25) is 15.9 Å². The zero-order chi connectivity index (χ0) is 19.4. The van der Waals surface area contributed by atoms with Gasteiger partial charge in [-0.05, 0) is 35.7 Å². The standard InChI is InChI=1S/C20H24N2O3S/c1-5-20(6-2,7-3)21-19(23)15-22(4)26(24,25)18-13-12-16-10-8-9-11-17(16)14-18/h1,8-14H,6-7,15H2,2-4H3,(H,21,23). The highest BCUT2D eigenvalue weighted by Crippen LogP contribution is 2.21. The lowest BCUT2D eigenvalue weighted by atomic mass is 9.94. The normalized spacial score (nSPS) is 12.1. The van der Waals surface area contributed by atoms with Crippen molar-refractivity contribution in [2.24, 2.45) is 0 Å². The lowest BCUT2D eigenvalue weighted by Gasteiger charge is -2.28. The number of carbonyl (C=O) groups is 1. The van der Waals surface area contributed by atoms with Crippen LogP contribution in [0.15, 0.2) is 47.4 Å². The molecule has 0 atom stereocenters. The van der Waals surface area contributed by atoms with E-state index in [1.165, 1.54) is 7.05 Å². The molecule has 0 aliphatic rings. The number of hydrogen-bond donors (Lipinski definition) is 1. The van der Waals surface area contributed by atoms with Gasteiger partial charge in [-0.15, -0.1) is 6.42 Å². The van der Waals surface area contributed by atoms with Crippen molar-refractivity contribution in [1.29, 1.82) is 0 Å². The van der Waals surface area contributed by atoms with Gasteiger partial charge in [0, 0.05) is 7.05 Å². The molecule has 0 aliphatic carbocycles. The lowest BCUT2D eigenvalue weighted by molar-refractivity contribution is -0.122. The van der Waals surface area contributed by atoms with Gasteiger partial charge in [0.25, 0.3) is 0 Å². The van der Waals surface area contributed by atoms with E-state index in [1.807, 2.05) is 38.1 Å². The number of terminal acetylenes is 1. The number of carbonyl (C=O) groups excluding carboxylic acids is 1. The molecule has 26 heavy (non-hydrogen) atoms. The molecule has 6 heteroatoms. The van der Waals surface area contributed by atoms with Gasteiger partial charge < -0.3 is 5.32 Å². The van der Waals surface area contributed by atoms with Crippen LogP contribution < -0.4 is 5.32 Å². The zero-order valence-corrected chi connectivity index (χ0v) is 16.1. The van der Waals surface area contributed by atoms with Crippen LogP contribution in [0, 0.1) is 12.3 Å². The third-order valence-corrected chi connectivity index (χ3v) is 6.46. The predicted octanol–water partition coefficient (Wildman–Crippen LogP) is 2.77. The molecule has 0 spiro atoms. The van der Waals surface area contributed by atoms with E-state index >= 15 is 0 Å². The summed E-state index contributed by atoms with van der Waals surface area (Å²) in [5.41, 5.74) is -0.745. The molecular weight excluding hydrogens is 348 g/mol. The molecule has 1 amide bonds. The third-order valence-electron chi connectivity index (χ3n) is 4.66. The van der Waals surface area contributed by atoms with Crippen LogP contribution in [0.4, 0.5) is 0 Å². The van der Waals surface area contributed by atoms with Crippen molar-refractivity contribution in [2.45, 2.75) is 37.1 Å². The van der Waals surface area contributed by atoms with Crippen molar-refractivity contribution in [3.05, 3.63) is 42.5 Å². The molecule has 138 valence electrons. The summed E-state index contributed by atoms with van der Waals surface area (Å²) in [6.07, 6.45) is 6.69. The zero-order valence-electron chi connectivity index (χ0n) is 15.3. The Hall–Kier alpha value is -2.36. The van der Waals surface area contributed by atoms with E-state index in [1.54, 1.807) is 18.2 Å². The molecule has 5 nitrogen and oxygen atoms in total. The molecule has 0 bridgehead atoms. The van der Waals surface area contributed by atoms with Gasteiger partial charge in [-0.25, -0.2) is 8.42 Å². The first-order chi connectivity index (χ1) is 12.3. The van der Waals surface area contributed by atoms with Crippen molar-refractivity contribution >= 4 is 26.7 Å². The Bertz CT molecular complexity index is 941. The Labute approximate surface area is 155 Å². The number of fused-ring (bicyclic) bond motifs is 1. The molecule has 0 aliphatic heterocycles. The molecule has 2 rings (SSSR count). The third kappa shape index (κ3) is 4.06. The van der Waals surface area contributed by atoms with E-state index in [0.29, 0.717) is 12.8 Å². The molecule has 1 N–H and O–H groups in total. The molecule has 0 radical (unpaired) electrons. The first-order valence-electron chi connectivity index (χ1n) is 8.52. The summed E-state index contributed by atoms with van der Waals surface area (Å²) in [6, 6.07) is 12.4. The molecule has 0 fully saturated rings. The minimum absolute atomic E-state index is 0.153. The molecule has 0 unspecified atom stereocenters. The molecule has 2 aromatic rings. The van der Waals surface area contributed by atoms with Crippen LogP contribution in [-0.4, -0.2) is 37.8 Å². The molecule has 0 saturated heterocycles. The van der Waals surface area contributed by atoms with Crippen molar-refractivity contribution in [1.82, 2.24) is 9.62 Å². The summed E-state index contributed by atoms with van der Waals surface area (Å²) in [7, 11) is -2.39. The van der Waals surface area contributed by atoms with Gasteiger partial charge >= 0.3 is 0 Å². The van der Waals surface area contributed by atoms with Crippen LogP contribution in [0.2, 0.25) is 0 Å². The Morgan fingerprint density at radius 2 is 1.77 bits per heavy atom. The number of benzene rings is 2. The molecule has 0 aromatic heterocycles. The highest BCUT2D eigenvalue weighted by atomic mass is 32.2. The Morgan fingerprint density at radius 3 is 2.35 bits per heavy atom. The van der Waals surface area contributed by atoms with Gasteiger partial charge in [0.1, 0.15) is 5.54 Å². The summed E-state index contributed by atoms with van der Waals surface area (Å²) in [5, 5.41) is 4.57. The van der Waals surface area contributed by atoms with Crippen LogP contribution in [0.5, 0.6) is 0 Å². The average Bonchev–Trinajstić information content (AvgIpc) is 2.65. The Morgan fingerprint density at radius 1 is 1.15 bits per heavy atom.